The van der Waals surface area contributed by atoms with Gasteiger partial charge in [0, 0.05) is 18.5 Å². The van der Waals surface area contributed by atoms with Crippen LogP contribution in [0.15, 0.2) is 24.5 Å². The van der Waals surface area contributed by atoms with Crippen molar-refractivity contribution in [1.82, 2.24) is 9.97 Å². The van der Waals surface area contributed by atoms with Gasteiger partial charge in [-0.05, 0) is 6.07 Å². The number of primary amides is 1. The SMILES string of the molecule is NC(=O)c1cnc(-c2c(F)cc(F)cc2Cl)nc1. The molecule has 0 spiro atoms. The van der Waals surface area contributed by atoms with Gasteiger partial charge in [-0.1, -0.05) is 11.6 Å². The molecule has 0 unspecified atom stereocenters. The number of rotatable bonds is 2. The molecule has 0 saturated heterocycles. The zero-order valence-electron chi connectivity index (χ0n) is 8.82. The van der Waals surface area contributed by atoms with Crippen LogP contribution < -0.4 is 5.73 Å². The third-order valence-corrected chi connectivity index (χ3v) is 2.46. The summed E-state index contributed by atoms with van der Waals surface area (Å²) in [4.78, 5) is 18.3. The van der Waals surface area contributed by atoms with Crippen molar-refractivity contribution in [3.05, 3.63) is 46.7 Å². The number of aromatic nitrogens is 2. The van der Waals surface area contributed by atoms with E-state index in [0.717, 1.165) is 18.5 Å². The molecule has 92 valence electrons. The molecule has 1 aromatic carbocycles. The maximum Gasteiger partial charge on any atom is 0.251 e. The number of nitrogens with two attached hydrogens (primary N) is 1. The van der Waals surface area contributed by atoms with Gasteiger partial charge in [0.15, 0.2) is 5.82 Å². The highest BCUT2D eigenvalue weighted by Gasteiger charge is 2.15. The Morgan fingerprint density at radius 3 is 2.33 bits per heavy atom. The van der Waals surface area contributed by atoms with Gasteiger partial charge in [0.25, 0.3) is 5.91 Å². The van der Waals surface area contributed by atoms with E-state index in [1.54, 1.807) is 0 Å². The summed E-state index contributed by atoms with van der Waals surface area (Å²) >= 11 is 5.72. The van der Waals surface area contributed by atoms with Crippen LogP contribution in [0, 0.1) is 11.6 Å². The second-order valence-electron chi connectivity index (χ2n) is 3.40. The topological polar surface area (TPSA) is 68.9 Å². The Morgan fingerprint density at radius 2 is 1.83 bits per heavy atom. The van der Waals surface area contributed by atoms with E-state index in [9.17, 15) is 13.6 Å². The van der Waals surface area contributed by atoms with E-state index >= 15 is 0 Å². The second-order valence-corrected chi connectivity index (χ2v) is 3.81. The van der Waals surface area contributed by atoms with Crippen molar-refractivity contribution in [2.45, 2.75) is 0 Å². The van der Waals surface area contributed by atoms with Gasteiger partial charge in [-0.2, -0.15) is 0 Å². The molecule has 2 rings (SSSR count). The minimum atomic E-state index is -0.883. The summed E-state index contributed by atoms with van der Waals surface area (Å²) in [5.41, 5.74) is 4.96. The van der Waals surface area contributed by atoms with Gasteiger partial charge in [0.05, 0.1) is 16.1 Å². The Bertz CT molecular complexity index is 593. The molecule has 0 fully saturated rings. The molecule has 4 nitrogen and oxygen atoms in total. The van der Waals surface area contributed by atoms with Crippen LogP contribution in [0.4, 0.5) is 8.78 Å². The predicted octanol–water partition coefficient (Wildman–Crippen LogP) is 2.17. The molecule has 7 heteroatoms. The molecule has 1 aromatic heterocycles. The lowest BCUT2D eigenvalue weighted by molar-refractivity contribution is 0.0999. The van der Waals surface area contributed by atoms with E-state index in [4.69, 9.17) is 17.3 Å². The average Bonchev–Trinajstić information content (AvgIpc) is 2.28. The first-order valence-electron chi connectivity index (χ1n) is 4.76. The molecule has 0 aliphatic carbocycles. The van der Waals surface area contributed by atoms with Crippen molar-refractivity contribution in [2.24, 2.45) is 5.73 Å². The maximum absolute atomic E-state index is 13.6. The number of benzene rings is 1. The van der Waals surface area contributed by atoms with E-state index in [0.29, 0.717) is 6.07 Å². The largest absolute Gasteiger partial charge is 0.366 e. The van der Waals surface area contributed by atoms with Crippen LogP contribution in [-0.2, 0) is 0 Å². The molecule has 0 atom stereocenters. The van der Waals surface area contributed by atoms with Crippen LogP contribution >= 0.6 is 11.6 Å². The highest BCUT2D eigenvalue weighted by Crippen LogP contribution is 2.28. The van der Waals surface area contributed by atoms with Crippen LogP contribution in [-0.4, -0.2) is 15.9 Å². The lowest BCUT2D eigenvalue weighted by Gasteiger charge is -2.05. The first-order valence-corrected chi connectivity index (χ1v) is 5.13. The lowest BCUT2D eigenvalue weighted by atomic mass is 10.2. The molecule has 18 heavy (non-hydrogen) atoms. The predicted molar refractivity (Wildman–Crippen MR) is 60.9 cm³/mol. The van der Waals surface area contributed by atoms with Crippen molar-refractivity contribution in [2.75, 3.05) is 0 Å². The molecule has 0 bridgehead atoms. The van der Waals surface area contributed by atoms with Gasteiger partial charge in [0.1, 0.15) is 11.6 Å². The Balaban J connectivity index is 2.52. The number of halogens is 3. The van der Waals surface area contributed by atoms with Crippen molar-refractivity contribution in [1.29, 1.82) is 0 Å². The zero-order valence-corrected chi connectivity index (χ0v) is 9.58. The second kappa shape index (κ2) is 4.66. The Labute approximate surface area is 105 Å². The van der Waals surface area contributed by atoms with E-state index in [-0.39, 0.29) is 22.0 Å². The fourth-order valence-electron chi connectivity index (χ4n) is 1.34. The van der Waals surface area contributed by atoms with Crippen LogP contribution in [0.5, 0.6) is 0 Å². The van der Waals surface area contributed by atoms with E-state index in [2.05, 4.69) is 9.97 Å². The zero-order chi connectivity index (χ0) is 13.3. The maximum atomic E-state index is 13.6. The smallest absolute Gasteiger partial charge is 0.251 e. The van der Waals surface area contributed by atoms with E-state index in [1.165, 1.54) is 0 Å². The van der Waals surface area contributed by atoms with Crippen molar-refractivity contribution >= 4 is 17.5 Å². The average molecular weight is 270 g/mol. The molecule has 0 saturated carbocycles. The molecule has 1 amide bonds. The van der Waals surface area contributed by atoms with Crippen LogP contribution in [0.2, 0.25) is 5.02 Å². The van der Waals surface area contributed by atoms with Crippen molar-refractivity contribution in [3.63, 3.8) is 0 Å². The Kier molecular flexibility index (Phi) is 3.20. The van der Waals surface area contributed by atoms with Crippen LogP contribution in [0.25, 0.3) is 11.4 Å². The Morgan fingerprint density at radius 1 is 1.22 bits per heavy atom. The summed E-state index contributed by atoms with van der Waals surface area (Å²) < 4.78 is 26.4. The first-order chi connectivity index (χ1) is 8.49. The van der Waals surface area contributed by atoms with Gasteiger partial charge < -0.3 is 5.73 Å². The number of nitrogens with zero attached hydrogens (tertiary/aromatic N) is 2. The summed E-state index contributed by atoms with van der Waals surface area (Å²) in [6.45, 7) is 0. The van der Waals surface area contributed by atoms with Crippen molar-refractivity contribution in [3.8, 4) is 11.4 Å². The monoisotopic (exact) mass is 269 g/mol. The first kappa shape index (κ1) is 12.4. The van der Waals surface area contributed by atoms with Crippen molar-refractivity contribution < 1.29 is 13.6 Å². The molecule has 0 aliphatic heterocycles. The molecular formula is C11H6ClF2N3O. The van der Waals surface area contributed by atoms with Gasteiger partial charge in [-0.3, -0.25) is 4.79 Å². The quantitative estimate of drug-likeness (QED) is 0.908. The fourth-order valence-corrected chi connectivity index (χ4v) is 1.62. The van der Waals surface area contributed by atoms with Gasteiger partial charge in [-0.25, -0.2) is 18.7 Å². The normalized spacial score (nSPS) is 10.4. The molecule has 0 radical (unpaired) electrons. The van der Waals surface area contributed by atoms with Gasteiger partial charge in [-0.15, -0.1) is 0 Å². The highest BCUT2D eigenvalue weighted by atomic mass is 35.5. The molecule has 1 heterocycles. The number of hydrogen-bond donors (Lipinski definition) is 1. The summed E-state index contributed by atoms with van der Waals surface area (Å²) in [6, 6.07) is 1.62. The molecular weight excluding hydrogens is 264 g/mol. The minimum absolute atomic E-state index is 0.0532. The molecule has 2 aromatic rings. The number of hydrogen-bond acceptors (Lipinski definition) is 3. The lowest BCUT2D eigenvalue weighted by Crippen LogP contribution is -2.12. The van der Waals surface area contributed by atoms with E-state index < -0.39 is 17.5 Å². The summed E-state index contributed by atoms with van der Waals surface area (Å²) in [5, 5.41) is -0.153. The number of carbonyl (C=O) groups excluding carboxylic acids is 1. The Hall–Kier alpha value is -2.08. The number of carbonyl (C=O) groups is 1. The summed E-state index contributed by atoms with van der Waals surface area (Å²) in [6.07, 6.45) is 2.29. The third kappa shape index (κ3) is 2.28. The van der Waals surface area contributed by atoms with E-state index in [1.807, 2.05) is 0 Å². The van der Waals surface area contributed by atoms with Crippen LogP contribution in [0.1, 0.15) is 10.4 Å². The fraction of sp³-hybridized carbons (Fsp3) is 0. The summed E-state index contributed by atoms with van der Waals surface area (Å²) in [5.74, 6) is -2.43. The molecule has 0 aliphatic rings. The van der Waals surface area contributed by atoms with Gasteiger partial charge in [0.2, 0.25) is 0 Å². The van der Waals surface area contributed by atoms with Gasteiger partial charge >= 0.3 is 0 Å². The standard InChI is InChI=1S/C11H6ClF2N3O/c12-7-1-6(13)2-8(14)9(7)11-16-3-5(4-17-11)10(15)18/h1-4H,(H2,15,18). The molecule has 2 N–H and O–H groups in total. The number of amides is 1. The highest BCUT2D eigenvalue weighted by molar-refractivity contribution is 6.33. The van der Waals surface area contributed by atoms with Crippen LogP contribution in [0.3, 0.4) is 0 Å². The third-order valence-electron chi connectivity index (χ3n) is 2.17. The minimum Gasteiger partial charge on any atom is -0.366 e. The summed E-state index contributed by atoms with van der Waals surface area (Å²) in [7, 11) is 0.